The van der Waals surface area contributed by atoms with Crippen molar-refractivity contribution in [2.75, 3.05) is 13.6 Å². The highest BCUT2D eigenvalue weighted by Crippen LogP contribution is 2.59. The van der Waals surface area contributed by atoms with E-state index in [2.05, 4.69) is 22.1 Å². The van der Waals surface area contributed by atoms with Crippen molar-refractivity contribution < 1.29 is 4.79 Å². The number of hydrogen-bond acceptors (Lipinski definition) is 2. The second kappa shape index (κ2) is 5.55. The normalized spacial score (nSPS) is 35.6. The van der Waals surface area contributed by atoms with Gasteiger partial charge in [-0.25, -0.2) is 4.79 Å². The molecule has 0 atom stereocenters. The molecule has 1 aromatic heterocycles. The highest BCUT2D eigenvalue weighted by atomic mass is 32.1. The zero-order valence-electron chi connectivity index (χ0n) is 13.4. The summed E-state index contributed by atoms with van der Waals surface area (Å²) in [6.45, 7) is 1.60. The van der Waals surface area contributed by atoms with E-state index in [1.165, 1.54) is 44.1 Å². The van der Waals surface area contributed by atoms with Gasteiger partial charge in [0.2, 0.25) is 0 Å². The minimum atomic E-state index is 0.0851. The van der Waals surface area contributed by atoms with E-state index in [0.29, 0.717) is 12.0 Å². The van der Waals surface area contributed by atoms with Crippen LogP contribution >= 0.6 is 11.3 Å². The van der Waals surface area contributed by atoms with Crippen LogP contribution in [-0.2, 0) is 6.54 Å². The monoisotopic (exact) mass is 318 g/mol. The maximum absolute atomic E-state index is 12.4. The average Bonchev–Trinajstić information content (AvgIpc) is 2.96. The average molecular weight is 318 g/mol. The molecule has 0 spiro atoms. The molecule has 1 N–H and O–H groups in total. The fraction of sp³-hybridized carbons (Fsp3) is 0.722. The Labute approximate surface area is 137 Å². The Morgan fingerprint density at radius 2 is 1.91 bits per heavy atom. The molecule has 4 aliphatic carbocycles. The van der Waals surface area contributed by atoms with E-state index >= 15 is 0 Å². The summed E-state index contributed by atoms with van der Waals surface area (Å²) in [5.74, 6) is 2.85. The van der Waals surface area contributed by atoms with Gasteiger partial charge in [0.25, 0.3) is 0 Å². The van der Waals surface area contributed by atoms with Crippen LogP contribution in [0, 0.1) is 23.2 Å². The lowest BCUT2D eigenvalue weighted by Gasteiger charge is -2.57. The second-order valence-corrected chi connectivity index (χ2v) is 8.84. The van der Waals surface area contributed by atoms with E-state index in [0.717, 1.165) is 24.3 Å². The van der Waals surface area contributed by atoms with Crippen LogP contribution in [-0.4, -0.2) is 24.5 Å². The third kappa shape index (κ3) is 2.78. The molecule has 120 valence electrons. The van der Waals surface area contributed by atoms with Crippen molar-refractivity contribution in [3.8, 4) is 0 Å². The van der Waals surface area contributed by atoms with E-state index in [-0.39, 0.29) is 6.03 Å². The summed E-state index contributed by atoms with van der Waals surface area (Å²) in [6.07, 6.45) is 8.45. The first kappa shape index (κ1) is 14.6. The minimum absolute atomic E-state index is 0.0851. The lowest BCUT2D eigenvalue weighted by atomic mass is 9.49. The molecule has 1 heterocycles. The summed E-state index contributed by atoms with van der Waals surface area (Å²) in [5, 5.41) is 7.42. The van der Waals surface area contributed by atoms with Crippen molar-refractivity contribution in [3.05, 3.63) is 22.4 Å². The smallest absolute Gasteiger partial charge is 0.317 e. The number of nitrogens with zero attached hydrogens (tertiary/aromatic N) is 1. The molecule has 0 unspecified atom stereocenters. The molecule has 0 saturated heterocycles. The van der Waals surface area contributed by atoms with Crippen LogP contribution in [0.25, 0.3) is 0 Å². The van der Waals surface area contributed by atoms with Gasteiger partial charge in [0.15, 0.2) is 0 Å². The summed E-state index contributed by atoms with van der Waals surface area (Å²) < 4.78 is 0. The molecular weight excluding hydrogens is 292 g/mol. The van der Waals surface area contributed by atoms with Crippen LogP contribution in [0.2, 0.25) is 0 Å². The second-order valence-electron chi connectivity index (χ2n) is 8.06. The first-order valence-corrected chi connectivity index (χ1v) is 9.56. The van der Waals surface area contributed by atoms with Gasteiger partial charge >= 0.3 is 6.03 Å². The lowest BCUT2D eigenvalue weighted by Crippen LogP contribution is -2.52. The molecular formula is C18H26N2OS. The highest BCUT2D eigenvalue weighted by molar-refractivity contribution is 7.07. The standard InChI is InChI=1S/C18H26N2OS/c1-20(10-13-2-3-22-11-13)17(21)19-12-18-7-14-4-15(8-18)6-16(5-14)9-18/h2-3,11,14-16H,4-10,12H2,1H3,(H,19,21). The van der Waals surface area contributed by atoms with Crippen LogP contribution in [0.1, 0.15) is 44.1 Å². The molecule has 4 aliphatic rings. The number of thiophene rings is 1. The van der Waals surface area contributed by atoms with Gasteiger partial charge in [0.1, 0.15) is 0 Å². The van der Waals surface area contributed by atoms with Crippen molar-refractivity contribution >= 4 is 17.4 Å². The molecule has 2 amide bonds. The minimum Gasteiger partial charge on any atom is -0.337 e. The molecule has 3 nitrogen and oxygen atoms in total. The largest absolute Gasteiger partial charge is 0.337 e. The zero-order chi connectivity index (χ0) is 15.2. The number of urea groups is 1. The molecule has 0 radical (unpaired) electrons. The molecule has 4 saturated carbocycles. The van der Waals surface area contributed by atoms with Gasteiger partial charge in [0, 0.05) is 20.1 Å². The van der Waals surface area contributed by atoms with E-state index < -0.39 is 0 Å². The molecule has 4 bridgehead atoms. The number of amides is 2. The van der Waals surface area contributed by atoms with Gasteiger partial charge in [-0.05, 0) is 84.1 Å². The number of nitrogens with one attached hydrogen (secondary N) is 1. The third-order valence-electron chi connectivity index (χ3n) is 6.13. The van der Waals surface area contributed by atoms with Crippen molar-refractivity contribution in [2.45, 2.75) is 45.1 Å². The van der Waals surface area contributed by atoms with Gasteiger partial charge < -0.3 is 10.2 Å². The van der Waals surface area contributed by atoms with Crippen LogP contribution < -0.4 is 5.32 Å². The Morgan fingerprint density at radius 1 is 1.27 bits per heavy atom. The van der Waals surface area contributed by atoms with E-state index in [1.54, 1.807) is 11.3 Å². The summed E-state index contributed by atoms with van der Waals surface area (Å²) >= 11 is 1.69. The first-order valence-electron chi connectivity index (χ1n) is 8.62. The summed E-state index contributed by atoms with van der Waals surface area (Å²) in [7, 11) is 1.90. The Bertz CT molecular complexity index is 504. The number of carbonyl (C=O) groups excluding carboxylic acids is 1. The van der Waals surface area contributed by atoms with Gasteiger partial charge in [0.05, 0.1) is 0 Å². The van der Waals surface area contributed by atoms with Gasteiger partial charge in [-0.2, -0.15) is 11.3 Å². The maximum Gasteiger partial charge on any atom is 0.317 e. The number of carbonyl (C=O) groups is 1. The molecule has 22 heavy (non-hydrogen) atoms. The van der Waals surface area contributed by atoms with Gasteiger partial charge in [-0.3, -0.25) is 0 Å². The van der Waals surface area contributed by atoms with E-state index in [9.17, 15) is 4.79 Å². The predicted octanol–water partition coefficient (Wildman–Crippen LogP) is 4.11. The van der Waals surface area contributed by atoms with E-state index in [4.69, 9.17) is 0 Å². The van der Waals surface area contributed by atoms with Crippen molar-refractivity contribution in [1.29, 1.82) is 0 Å². The van der Waals surface area contributed by atoms with Crippen LogP contribution in [0.15, 0.2) is 16.8 Å². The Morgan fingerprint density at radius 3 is 2.45 bits per heavy atom. The SMILES string of the molecule is CN(Cc1ccsc1)C(=O)NCC12CC3CC(CC(C3)C1)C2. The fourth-order valence-corrected chi connectivity index (χ4v) is 6.29. The molecule has 1 aromatic rings. The molecule has 0 aliphatic heterocycles. The number of hydrogen-bond donors (Lipinski definition) is 1. The van der Waals surface area contributed by atoms with Crippen LogP contribution in [0.5, 0.6) is 0 Å². The molecule has 4 heteroatoms. The molecule has 0 aromatic carbocycles. The summed E-state index contributed by atoms with van der Waals surface area (Å²) in [4.78, 5) is 14.2. The van der Waals surface area contributed by atoms with Crippen molar-refractivity contribution in [2.24, 2.45) is 23.2 Å². The highest BCUT2D eigenvalue weighted by Gasteiger charge is 2.50. The first-order chi connectivity index (χ1) is 10.6. The Balaban J connectivity index is 1.33. The summed E-state index contributed by atoms with van der Waals surface area (Å²) in [5.41, 5.74) is 1.64. The van der Waals surface area contributed by atoms with Gasteiger partial charge in [-0.15, -0.1) is 0 Å². The third-order valence-corrected chi connectivity index (χ3v) is 6.86. The quantitative estimate of drug-likeness (QED) is 0.890. The Hall–Kier alpha value is -1.03. The number of rotatable bonds is 4. The van der Waals surface area contributed by atoms with Crippen LogP contribution in [0.4, 0.5) is 4.79 Å². The Kier molecular flexibility index (Phi) is 3.67. The molecule has 4 fully saturated rings. The van der Waals surface area contributed by atoms with Crippen LogP contribution in [0.3, 0.4) is 0 Å². The van der Waals surface area contributed by atoms with Crippen molar-refractivity contribution in [1.82, 2.24) is 10.2 Å². The van der Waals surface area contributed by atoms with Crippen molar-refractivity contribution in [3.63, 3.8) is 0 Å². The van der Waals surface area contributed by atoms with Gasteiger partial charge in [-0.1, -0.05) is 0 Å². The fourth-order valence-electron chi connectivity index (χ4n) is 5.63. The van der Waals surface area contributed by atoms with E-state index in [1.807, 2.05) is 11.9 Å². The zero-order valence-corrected chi connectivity index (χ0v) is 14.2. The predicted molar refractivity (Wildman–Crippen MR) is 89.8 cm³/mol. The molecule has 5 rings (SSSR count). The summed E-state index contributed by atoms with van der Waals surface area (Å²) in [6, 6.07) is 2.18. The maximum atomic E-state index is 12.4. The topological polar surface area (TPSA) is 32.3 Å². The lowest BCUT2D eigenvalue weighted by molar-refractivity contribution is -0.0501.